The minimum atomic E-state index is -0.690. The summed E-state index contributed by atoms with van der Waals surface area (Å²) in [6, 6.07) is 5.18. The molecule has 1 heterocycles. The zero-order valence-corrected chi connectivity index (χ0v) is 10.5. The SMILES string of the molecule is COc1cc(C#Cc2nccnc2F)cc(OC)c1. The van der Waals surface area contributed by atoms with Crippen molar-refractivity contribution in [1.82, 2.24) is 9.97 Å². The molecule has 0 saturated heterocycles. The number of ether oxygens (including phenoxy) is 2. The van der Waals surface area contributed by atoms with Crippen molar-refractivity contribution in [3.8, 4) is 23.3 Å². The molecule has 0 aliphatic rings. The molecule has 2 rings (SSSR count). The number of hydrogen-bond acceptors (Lipinski definition) is 4. The summed E-state index contributed by atoms with van der Waals surface area (Å²) < 4.78 is 23.5. The molecule has 0 atom stereocenters. The third kappa shape index (κ3) is 3.19. The molecule has 0 aliphatic heterocycles. The predicted molar refractivity (Wildman–Crippen MR) is 67.5 cm³/mol. The monoisotopic (exact) mass is 258 g/mol. The van der Waals surface area contributed by atoms with Crippen molar-refractivity contribution in [2.75, 3.05) is 14.2 Å². The van der Waals surface area contributed by atoms with Crippen molar-refractivity contribution in [1.29, 1.82) is 0 Å². The minimum absolute atomic E-state index is 0.00397. The minimum Gasteiger partial charge on any atom is -0.497 e. The van der Waals surface area contributed by atoms with Crippen molar-refractivity contribution < 1.29 is 13.9 Å². The van der Waals surface area contributed by atoms with Crippen LogP contribution in [0.15, 0.2) is 30.6 Å². The number of aromatic nitrogens is 2. The van der Waals surface area contributed by atoms with Crippen LogP contribution in [0.25, 0.3) is 0 Å². The maximum absolute atomic E-state index is 13.3. The molecule has 5 heteroatoms. The predicted octanol–water partition coefficient (Wildman–Crippen LogP) is 2.03. The molecule has 19 heavy (non-hydrogen) atoms. The zero-order valence-electron chi connectivity index (χ0n) is 10.5. The second kappa shape index (κ2) is 5.83. The van der Waals surface area contributed by atoms with Gasteiger partial charge in [0.1, 0.15) is 11.5 Å². The maximum atomic E-state index is 13.3. The maximum Gasteiger partial charge on any atom is 0.247 e. The Kier molecular flexibility index (Phi) is 3.94. The van der Waals surface area contributed by atoms with Gasteiger partial charge in [-0.2, -0.15) is 4.39 Å². The van der Waals surface area contributed by atoms with Crippen LogP contribution >= 0.6 is 0 Å². The van der Waals surface area contributed by atoms with Crippen molar-refractivity contribution >= 4 is 0 Å². The van der Waals surface area contributed by atoms with Crippen LogP contribution in [0, 0.1) is 17.8 Å². The highest BCUT2D eigenvalue weighted by atomic mass is 19.1. The number of halogens is 1. The lowest BCUT2D eigenvalue weighted by Gasteiger charge is -2.04. The van der Waals surface area contributed by atoms with Crippen LogP contribution in [-0.4, -0.2) is 24.2 Å². The molecule has 0 radical (unpaired) electrons. The number of hydrogen-bond donors (Lipinski definition) is 0. The first kappa shape index (κ1) is 12.8. The quantitative estimate of drug-likeness (QED) is 0.773. The lowest BCUT2D eigenvalue weighted by Crippen LogP contribution is -1.92. The van der Waals surface area contributed by atoms with Gasteiger partial charge in [0.05, 0.1) is 14.2 Å². The topological polar surface area (TPSA) is 44.2 Å². The molecule has 0 fully saturated rings. The van der Waals surface area contributed by atoms with E-state index in [0.29, 0.717) is 17.1 Å². The Balaban J connectivity index is 2.36. The van der Waals surface area contributed by atoms with E-state index in [2.05, 4.69) is 21.8 Å². The van der Waals surface area contributed by atoms with Crippen LogP contribution in [0.5, 0.6) is 11.5 Å². The molecule has 2 aromatic rings. The number of nitrogens with zero attached hydrogens (tertiary/aromatic N) is 2. The second-order valence-corrected chi connectivity index (χ2v) is 3.55. The van der Waals surface area contributed by atoms with Gasteiger partial charge in [0.2, 0.25) is 5.95 Å². The summed E-state index contributed by atoms with van der Waals surface area (Å²) in [5.74, 6) is 5.96. The first-order chi connectivity index (χ1) is 9.22. The Labute approximate surface area is 110 Å². The van der Waals surface area contributed by atoms with Gasteiger partial charge < -0.3 is 9.47 Å². The van der Waals surface area contributed by atoms with E-state index >= 15 is 0 Å². The molecule has 0 N–H and O–H groups in total. The van der Waals surface area contributed by atoms with E-state index in [1.807, 2.05) is 0 Å². The van der Waals surface area contributed by atoms with Crippen molar-refractivity contribution in [3.63, 3.8) is 0 Å². The first-order valence-electron chi connectivity index (χ1n) is 5.44. The standard InChI is InChI=1S/C14H11FN2O2/c1-18-11-7-10(8-12(9-11)19-2)3-4-13-14(15)17-6-5-16-13/h5-9H,1-2H3. The van der Waals surface area contributed by atoms with E-state index in [-0.39, 0.29) is 5.69 Å². The van der Waals surface area contributed by atoms with Crippen molar-refractivity contribution in [2.45, 2.75) is 0 Å². The van der Waals surface area contributed by atoms with Crippen LogP contribution in [0.3, 0.4) is 0 Å². The highest BCUT2D eigenvalue weighted by molar-refractivity contribution is 5.48. The molecule has 0 saturated carbocycles. The summed E-state index contributed by atoms with van der Waals surface area (Å²) in [7, 11) is 3.10. The Hall–Kier alpha value is -2.61. The van der Waals surface area contributed by atoms with Gasteiger partial charge in [0.25, 0.3) is 0 Å². The van der Waals surface area contributed by atoms with Gasteiger partial charge in [0, 0.05) is 24.0 Å². The van der Waals surface area contributed by atoms with Gasteiger partial charge in [-0.25, -0.2) is 9.97 Å². The summed E-state index contributed by atoms with van der Waals surface area (Å²) in [4.78, 5) is 7.28. The highest BCUT2D eigenvalue weighted by Gasteiger charge is 2.01. The van der Waals surface area contributed by atoms with E-state index in [1.165, 1.54) is 12.4 Å². The summed E-state index contributed by atoms with van der Waals surface area (Å²) in [5, 5.41) is 0. The molecule has 1 aromatic carbocycles. The fraction of sp³-hybridized carbons (Fsp3) is 0.143. The lowest BCUT2D eigenvalue weighted by atomic mass is 10.2. The first-order valence-corrected chi connectivity index (χ1v) is 5.44. The van der Waals surface area contributed by atoms with Crippen molar-refractivity contribution in [3.05, 3.63) is 47.8 Å². The number of methoxy groups -OCH3 is 2. The van der Waals surface area contributed by atoms with Gasteiger partial charge in [-0.15, -0.1) is 0 Å². The molecular weight excluding hydrogens is 247 g/mol. The average Bonchev–Trinajstić information content (AvgIpc) is 2.46. The van der Waals surface area contributed by atoms with Crippen LogP contribution < -0.4 is 9.47 Å². The molecule has 0 aliphatic carbocycles. The summed E-state index contributed by atoms with van der Waals surface area (Å²) in [6.07, 6.45) is 2.66. The fourth-order valence-corrected chi connectivity index (χ4v) is 1.42. The number of benzene rings is 1. The van der Waals surface area contributed by atoms with E-state index < -0.39 is 5.95 Å². The largest absolute Gasteiger partial charge is 0.497 e. The van der Waals surface area contributed by atoms with Crippen LogP contribution in [0.1, 0.15) is 11.3 Å². The number of rotatable bonds is 2. The summed E-state index contributed by atoms with van der Waals surface area (Å²) in [5.41, 5.74) is 0.644. The van der Waals surface area contributed by atoms with Gasteiger partial charge in [-0.1, -0.05) is 5.92 Å². The highest BCUT2D eigenvalue weighted by Crippen LogP contribution is 2.21. The lowest BCUT2D eigenvalue weighted by molar-refractivity contribution is 0.394. The summed E-state index contributed by atoms with van der Waals surface area (Å²) >= 11 is 0. The Morgan fingerprint density at radius 1 is 0.947 bits per heavy atom. The van der Waals surface area contributed by atoms with Crippen molar-refractivity contribution in [2.24, 2.45) is 0 Å². The molecule has 0 amide bonds. The van der Waals surface area contributed by atoms with Gasteiger partial charge in [-0.3, -0.25) is 0 Å². The Bertz CT molecular complexity index is 625. The summed E-state index contributed by atoms with van der Waals surface area (Å²) in [6.45, 7) is 0. The van der Waals surface area contributed by atoms with Crippen LogP contribution in [-0.2, 0) is 0 Å². The molecule has 0 unspecified atom stereocenters. The second-order valence-electron chi connectivity index (χ2n) is 3.55. The van der Waals surface area contributed by atoms with Gasteiger partial charge >= 0.3 is 0 Å². The van der Waals surface area contributed by atoms with Gasteiger partial charge in [0.15, 0.2) is 5.69 Å². The molecular formula is C14H11FN2O2. The fourth-order valence-electron chi connectivity index (χ4n) is 1.42. The Morgan fingerprint density at radius 2 is 1.58 bits per heavy atom. The van der Waals surface area contributed by atoms with E-state index in [0.717, 1.165) is 0 Å². The third-order valence-corrected chi connectivity index (χ3v) is 2.33. The van der Waals surface area contributed by atoms with E-state index in [9.17, 15) is 4.39 Å². The third-order valence-electron chi connectivity index (χ3n) is 2.33. The molecule has 0 bridgehead atoms. The molecule has 4 nitrogen and oxygen atoms in total. The Morgan fingerprint density at radius 3 is 2.16 bits per heavy atom. The van der Waals surface area contributed by atoms with E-state index in [1.54, 1.807) is 32.4 Å². The van der Waals surface area contributed by atoms with Gasteiger partial charge in [-0.05, 0) is 18.1 Å². The average molecular weight is 258 g/mol. The molecule has 1 aromatic heterocycles. The smallest absolute Gasteiger partial charge is 0.247 e. The van der Waals surface area contributed by atoms with E-state index in [4.69, 9.17) is 9.47 Å². The van der Waals surface area contributed by atoms with Crippen LogP contribution in [0.2, 0.25) is 0 Å². The normalized spacial score (nSPS) is 9.42. The van der Waals surface area contributed by atoms with Crippen LogP contribution in [0.4, 0.5) is 4.39 Å². The zero-order chi connectivity index (χ0) is 13.7. The molecule has 0 spiro atoms. The molecule has 96 valence electrons.